The molecular weight excluding hydrogens is 591 g/mol. The molecule has 0 saturated carbocycles. The fourth-order valence-corrected chi connectivity index (χ4v) is 7.66. The molecule has 0 aliphatic carbocycles. The lowest BCUT2D eigenvalue weighted by atomic mass is 9.97. The van der Waals surface area contributed by atoms with Gasteiger partial charge in [-0.2, -0.15) is 0 Å². The number of hydrogen-bond acceptors (Lipinski definition) is 4. The van der Waals surface area contributed by atoms with Crippen molar-refractivity contribution in [1.29, 1.82) is 0 Å². The van der Waals surface area contributed by atoms with Crippen LogP contribution in [0, 0.1) is 0 Å². The summed E-state index contributed by atoms with van der Waals surface area (Å²) in [6, 6.07) is 57.4. The number of fused-ring (bicyclic) bond motifs is 4. The van der Waals surface area contributed by atoms with Crippen LogP contribution in [0.4, 0.5) is 0 Å². The van der Waals surface area contributed by atoms with Gasteiger partial charge in [0.15, 0.2) is 17.5 Å². The smallest absolute Gasteiger partial charge is 0.165 e. The van der Waals surface area contributed by atoms with E-state index in [2.05, 4.69) is 158 Å². The van der Waals surface area contributed by atoms with Crippen molar-refractivity contribution >= 4 is 42.3 Å². The molecule has 9 aromatic rings. The van der Waals surface area contributed by atoms with Crippen molar-refractivity contribution in [2.75, 3.05) is 0 Å². The highest BCUT2D eigenvalue weighted by Gasteiger charge is 2.17. The van der Waals surface area contributed by atoms with E-state index in [1.54, 1.807) is 11.3 Å². The number of nitrogens with zero attached hydrogens (tertiary/aromatic N) is 3. The monoisotopic (exact) mass is 617 g/mol. The molecule has 0 amide bonds. The van der Waals surface area contributed by atoms with Crippen molar-refractivity contribution in [3.63, 3.8) is 0 Å². The van der Waals surface area contributed by atoms with Crippen LogP contribution in [0.1, 0.15) is 0 Å². The Balaban J connectivity index is 1.25. The van der Waals surface area contributed by atoms with E-state index in [-0.39, 0.29) is 0 Å². The van der Waals surface area contributed by atoms with E-state index in [1.165, 1.54) is 36.5 Å². The minimum atomic E-state index is 0.648. The fourth-order valence-electron chi connectivity index (χ4n) is 6.45. The van der Waals surface area contributed by atoms with Crippen LogP contribution in [0.5, 0.6) is 0 Å². The van der Waals surface area contributed by atoms with Gasteiger partial charge in [0.1, 0.15) is 0 Å². The molecule has 0 unspecified atom stereocenters. The van der Waals surface area contributed by atoms with E-state index in [0.29, 0.717) is 17.5 Å². The van der Waals surface area contributed by atoms with Crippen molar-refractivity contribution in [2.45, 2.75) is 0 Å². The van der Waals surface area contributed by atoms with E-state index in [1.807, 2.05) is 6.07 Å². The molecule has 220 valence electrons. The van der Waals surface area contributed by atoms with E-state index >= 15 is 0 Å². The standard InChI is InChI=1S/C43H27N3S/c1-2-12-28(13-3-1)30-16-8-18-32(26-30)41-44-42(33-19-9-17-31(27-33)35-22-10-15-29-14-4-5-20-34(29)35)46-43(45-41)38-24-11-23-37-36-21-6-7-25-39(36)47-40(37)38/h1-27H. The maximum absolute atomic E-state index is 5.18. The third-order valence-corrected chi connectivity index (χ3v) is 9.95. The highest BCUT2D eigenvalue weighted by molar-refractivity contribution is 7.26. The van der Waals surface area contributed by atoms with Gasteiger partial charge in [0.05, 0.1) is 0 Å². The van der Waals surface area contributed by atoms with Crippen LogP contribution in [0.25, 0.3) is 87.4 Å². The van der Waals surface area contributed by atoms with Crippen LogP contribution < -0.4 is 0 Å². The van der Waals surface area contributed by atoms with Gasteiger partial charge < -0.3 is 0 Å². The summed E-state index contributed by atoms with van der Waals surface area (Å²) in [7, 11) is 0. The van der Waals surface area contributed by atoms with Gasteiger partial charge in [0.25, 0.3) is 0 Å². The Morgan fingerprint density at radius 2 is 0.872 bits per heavy atom. The second-order valence-electron chi connectivity index (χ2n) is 11.6. The van der Waals surface area contributed by atoms with E-state index in [9.17, 15) is 0 Å². The molecule has 7 aromatic carbocycles. The molecule has 0 atom stereocenters. The van der Waals surface area contributed by atoms with Gasteiger partial charge in [-0.25, -0.2) is 15.0 Å². The predicted molar refractivity (Wildman–Crippen MR) is 197 cm³/mol. The Bertz CT molecular complexity index is 2580. The first kappa shape index (κ1) is 27.3. The highest BCUT2D eigenvalue weighted by atomic mass is 32.1. The van der Waals surface area contributed by atoms with Crippen molar-refractivity contribution < 1.29 is 0 Å². The average Bonchev–Trinajstić information content (AvgIpc) is 3.54. The Kier molecular flexibility index (Phi) is 6.65. The molecule has 0 bridgehead atoms. The van der Waals surface area contributed by atoms with E-state index < -0.39 is 0 Å². The summed E-state index contributed by atoms with van der Waals surface area (Å²) < 4.78 is 2.43. The van der Waals surface area contributed by atoms with Crippen LogP contribution >= 0.6 is 11.3 Å². The van der Waals surface area contributed by atoms with Gasteiger partial charge >= 0.3 is 0 Å². The third-order valence-electron chi connectivity index (χ3n) is 8.73. The zero-order valence-corrected chi connectivity index (χ0v) is 26.2. The average molecular weight is 618 g/mol. The van der Waals surface area contributed by atoms with Crippen LogP contribution in [-0.2, 0) is 0 Å². The first-order valence-electron chi connectivity index (χ1n) is 15.7. The quantitative estimate of drug-likeness (QED) is 0.193. The molecule has 2 aromatic heterocycles. The number of hydrogen-bond donors (Lipinski definition) is 0. The minimum Gasteiger partial charge on any atom is -0.208 e. The normalized spacial score (nSPS) is 11.4. The molecule has 0 fully saturated rings. The first-order chi connectivity index (χ1) is 23.3. The maximum atomic E-state index is 5.18. The van der Waals surface area contributed by atoms with Gasteiger partial charge in [-0.3, -0.25) is 0 Å². The van der Waals surface area contributed by atoms with Gasteiger partial charge in [0.2, 0.25) is 0 Å². The SMILES string of the molecule is c1ccc(-c2cccc(-c3nc(-c4cccc(-c5cccc6ccccc56)c4)nc(-c4cccc5c4sc4ccccc45)n3)c2)cc1. The summed E-state index contributed by atoms with van der Waals surface area (Å²) in [4.78, 5) is 15.5. The number of aromatic nitrogens is 3. The molecule has 0 aliphatic heterocycles. The molecule has 4 heteroatoms. The number of rotatable bonds is 5. The number of benzene rings is 7. The van der Waals surface area contributed by atoms with E-state index in [0.717, 1.165) is 33.4 Å². The largest absolute Gasteiger partial charge is 0.208 e. The molecule has 0 aliphatic rings. The Morgan fingerprint density at radius 1 is 0.340 bits per heavy atom. The molecule has 0 radical (unpaired) electrons. The molecule has 47 heavy (non-hydrogen) atoms. The number of thiophene rings is 1. The molecule has 0 spiro atoms. The Labute approximate surface area is 276 Å². The highest BCUT2D eigenvalue weighted by Crippen LogP contribution is 2.40. The lowest BCUT2D eigenvalue weighted by Gasteiger charge is -2.12. The summed E-state index contributed by atoms with van der Waals surface area (Å²) in [5.74, 6) is 1.97. The summed E-state index contributed by atoms with van der Waals surface area (Å²) in [6.45, 7) is 0. The molecule has 2 heterocycles. The molecule has 3 nitrogen and oxygen atoms in total. The lowest BCUT2D eigenvalue weighted by molar-refractivity contribution is 1.08. The van der Waals surface area contributed by atoms with E-state index in [4.69, 9.17) is 15.0 Å². The van der Waals surface area contributed by atoms with Crippen LogP contribution in [0.2, 0.25) is 0 Å². The Morgan fingerprint density at radius 3 is 1.70 bits per heavy atom. The molecule has 9 rings (SSSR count). The Hall–Kier alpha value is -5.97. The predicted octanol–water partition coefficient (Wildman–Crippen LogP) is 11.7. The van der Waals surface area contributed by atoms with Crippen molar-refractivity contribution in [3.05, 3.63) is 164 Å². The zero-order chi connectivity index (χ0) is 31.2. The summed E-state index contributed by atoms with van der Waals surface area (Å²) in [6.07, 6.45) is 0. The van der Waals surface area contributed by atoms with Gasteiger partial charge in [-0.05, 0) is 57.3 Å². The van der Waals surface area contributed by atoms with Gasteiger partial charge in [-0.15, -0.1) is 11.3 Å². The first-order valence-corrected chi connectivity index (χ1v) is 16.5. The van der Waals surface area contributed by atoms with Crippen LogP contribution in [0.15, 0.2) is 164 Å². The fraction of sp³-hybridized carbons (Fsp3) is 0. The molecule has 0 saturated heterocycles. The third kappa shape index (κ3) is 4.96. The molecule has 0 N–H and O–H groups in total. The topological polar surface area (TPSA) is 38.7 Å². The lowest BCUT2D eigenvalue weighted by Crippen LogP contribution is -2.00. The van der Waals surface area contributed by atoms with Crippen LogP contribution in [0.3, 0.4) is 0 Å². The summed E-state index contributed by atoms with van der Waals surface area (Å²) in [5, 5.41) is 4.91. The van der Waals surface area contributed by atoms with Crippen molar-refractivity contribution in [3.8, 4) is 56.4 Å². The summed E-state index contributed by atoms with van der Waals surface area (Å²) >= 11 is 1.79. The van der Waals surface area contributed by atoms with Gasteiger partial charge in [0, 0.05) is 36.9 Å². The van der Waals surface area contributed by atoms with Crippen LogP contribution in [-0.4, -0.2) is 15.0 Å². The molecular formula is C43H27N3S. The van der Waals surface area contributed by atoms with Gasteiger partial charge in [-0.1, -0.05) is 140 Å². The minimum absolute atomic E-state index is 0.648. The zero-order valence-electron chi connectivity index (χ0n) is 25.3. The second-order valence-corrected chi connectivity index (χ2v) is 12.7. The summed E-state index contributed by atoms with van der Waals surface area (Å²) in [5.41, 5.74) is 7.49. The second kappa shape index (κ2) is 11.4. The van der Waals surface area contributed by atoms with Crippen molar-refractivity contribution in [1.82, 2.24) is 15.0 Å². The van der Waals surface area contributed by atoms with Crippen molar-refractivity contribution in [2.24, 2.45) is 0 Å². The maximum Gasteiger partial charge on any atom is 0.165 e.